The molecule has 0 fully saturated rings. The summed E-state index contributed by atoms with van der Waals surface area (Å²) in [6.07, 6.45) is 0. The predicted molar refractivity (Wildman–Crippen MR) is 75.9 cm³/mol. The minimum atomic E-state index is -3.60. The predicted octanol–water partition coefficient (Wildman–Crippen LogP) is 1.37. The van der Waals surface area contributed by atoms with Gasteiger partial charge in [-0.1, -0.05) is 24.6 Å². The van der Waals surface area contributed by atoms with Crippen molar-refractivity contribution in [2.75, 3.05) is 26.8 Å². The number of nitrogens with one attached hydrogen (secondary N) is 2. The molecule has 19 heavy (non-hydrogen) atoms. The molecule has 0 aliphatic rings. The molecule has 7 heteroatoms. The van der Waals surface area contributed by atoms with Crippen LogP contribution >= 0.6 is 11.6 Å². The monoisotopic (exact) mass is 306 g/mol. The molecule has 0 radical (unpaired) electrons. The molecule has 0 atom stereocenters. The van der Waals surface area contributed by atoms with Gasteiger partial charge >= 0.3 is 0 Å². The van der Waals surface area contributed by atoms with Crippen LogP contribution in [0.2, 0.25) is 5.02 Å². The highest BCUT2D eigenvalue weighted by Crippen LogP contribution is 2.22. The second kappa shape index (κ2) is 7.81. The fourth-order valence-corrected chi connectivity index (χ4v) is 3.05. The van der Waals surface area contributed by atoms with Crippen LogP contribution in [-0.4, -0.2) is 35.2 Å². The number of rotatable bonds is 8. The molecule has 0 aliphatic carbocycles. The van der Waals surface area contributed by atoms with Crippen LogP contribution in [0.5, 0.6) is 0 Å². The van der Waals surface area contributed by atoms with E-state index in [-0.39, 0.29) is 16.5 Å². The number of halogens is 1. The molecule has 1 aromatic rings. The zero-order valence-electron chi connectivity index (χ0n) is 11.1. The quantitative estimate of drug-likeness (QED) is 0.712. The summed E-state index contributed by atoms with van der Waals surface area (Å²) in [6, 6.07) is 4.98. The van der Waals surface area contributed by atoms with E-state index in [9.17, 15) is 8.42 Å². The second-order valence-electron chi connectivity index (χ2n) is 3.94. The van der Waals surface area contributed by atoms with Crippen LogP contribution < -0.4 is 10.0 Å². The zero-order chi connectivity index (χ0) is 14.3. The lowest BCUT2D eigenvalue weighted by Crippen LogP contribution is -2.27. The van der Waals surface area contributed by atoms with Crippen LogP contribution in [-0.2, 0) is 21.3 Å². The Morgan fingerprint density at radius 3 is 2.74 bits per heavy atom. The van der Waals surface area contributed by atoms with E-state index in [1.165, 1.54) is 7.11 Å². The summed E-state index contributed by atoms with van der Waals surface area (Å²) in [5.74, 6) is 0. The van der Waals surface area contributed by atoms with E-state index >= 15 is 0 Å². The van der Waals surface area contributed by atoms with Crippen molar-refractivity contribution in [1.82, 2.24) is 10.0 Å². The average molecular weight is 307 g/mol. The first kappa shape index (κ1) is 16.4. The molecule has 5 nitrogen and oxygen atoms in total. The summed E-state index contributed by atoms with van der Waals surface area (Å²) >= 11 is 5.96. The molecule has 108 valence electrons. The standard InChI is InChI=1S/C12H19ClN2O3S/c1-3-14-9-10-4-5-11(13)12(8-10)19(16,17)15-6-7-18-2/h4-5,8,14-15H,3,6-7,9H2,1-2H3. The highest BCUT2D eigenvalue weighted by atomic mass is 35.5. The molecular formula is C12H19ClN2O3S. The van der Waals surface area contributed by atoms with Gasteiger partial charge in [-0.15, -0.1) is 0 Å². The van der Waals surface area contributed by atoms with Gasteiger partial charge in [0.25, 0.3) is 0 Å². The number of methoxy groups -OCH3 is 1. The average Bonchev–Trinajstić information content (AvgIpc) is 2.37. The Morgan fingerprint density at radius 2 is 2.11 bits per heavy atom. The van der Waals surface area contributed by atoms with Crippen molar-refractivity contribution in [3.05, 3.63) is 28.8 Å². The molecule has 0 heterocycles. The minimum absolute atomic E-state index is 0.0978. The third-order valence-electron chi connectivity index (χ3n) is 2.46. The Balaban J connectivity index is 2.91. The summed E-state index contributed by atoms with van der Waals surface area (Å²) in [6.45, 7) is 3.94. The number of hydrogen-bond acceptors (Lipinski definition) is 4. The molecular weight excluding hydrogens is 288 g/mol. The highest BCUT2D eigenvalue weighted by Gasteiger charge is 2.17. The molecule has 1 rings (SSSR count). The van der Waals surface area contributed by atoms with Gasteiger partial charge in [0.2, 0.25) is 10.0 Å². The summed E-state index contributed by atoms with van der Waals surface area (Å²) in [4.78, 5) is 0.0978. The summed E-state index contributed by atoms with van der Waals surface area (Å²) in [5, 5.41) is 3.35. The van der Waals surface area contributed by atoms with Crippen molar-refractivity contribution >= 4 is 21.6 Å². The van der Waals surface area contributed by atoms with E-state index in [2.05, 4.69) is 10.0 Å². The van der Waals surface area contributed by atoms with Crippen molar-refractivity contribution < 1.29 is 13.2 Å². The molecule has 0 amide bonds. The summed E-state index contributed by atoms with van der Waals surface area (Å²) in [7, 11) is -2.09. The first-order valence-electron chi connectivity index (χ1n) is 5.99. The van der Waals surface area contributed by atoms with Crippen LogP contribution in [0, 0.1) is 0 Å². The minimum Gasteiger partial charge on any atom is -0.383 e. The molecule has 0 aliphatic heterocycles. The van der Waals surface area contributed by atoms with E-state index in [0.717, 1.165) is 12.1 Å². The normalized spacial score (nSPS) is 11.7. The Bertz CT molecular complexity index is 506. The van der Waals surface area contributed by atoms with E-state index in [4.69, 9.17) is 16.3 Å². The smallest absolute Gasteiger partial charge is 0.242 e. The van der Waals surface area contributed by atoms with Gasteiger partial charge < -0.3 is 10.1 Å². The zero-order valence-corrected chi connectivity index (χ0v) is 12.6. The lowest BCUT2D eigenvalue weighted by Gasteiger charge is -2.10. The summed E-state index contributed by atoms with van der Waals surface area (Å²) in [5.41, 5.74) is 0.873. The molecule has 0 saturated heterocycles. The van der Waals surface area contributed by atoms with Crippen molar-refractivity contribution in [2.45, 2.75) is 18.4 Å². The number of hydrogen-bond donors (Lipinski definition) is 2. The first-order valence-corrected chi connectivity index (χ1v) is 7.85. The van der Waals surface area contributed by atoms with Gasteiger partial charge in [-0.3, -0.25) is 0 Å². The van der Waals surface area contributed by atoms with Gasteiger partial charge in [0.05, 0.1) is 11.6 Å². The lowest BCUT2D eigenvalue weighted by atomic mass is 10.2. The molecule has 2 N–H and O–H groups in total. The SMILES string of the molecule is CCNCc1ccc(Cl)c(S(=O)(=O)NCCOC)c1. The molecule has 0 saturated carbocycles. The summed E-state index contributed by atoms with van der Waals surface area (Å²) < 4.78 is 31.4. The van der Waals surface area contributed by atoms with E-state index in [1.54, 1.807) is 18.2 Å². The molecule has 0 aromatic heterocycles. The van der Waals surface area contributed by atoms with Gasteiger partial charge in [-0.2, -0.15) is 0 Å². The van der Waals surface area contributed by atoms with Gasteiger partial charge in [-0.05, 0) is 24.2 Å². The maximum atomic E-state index is 12.1. The number of ether oxygens (including phenoxy) is 1. The number of benzene rings is 1. The number of sulfonamides is 1. The van der Waals surface area contributed by atoms with Crippen molar-refractivity contribution in [3.8, 4) is 0 Å². The maximum absolute atomic E-state index is 12.1. The molecule has 1 aromatic carbocycles. The first-order chi connectivity index (χ1) is 9.01. The van der Waals surface area contributed by atoms with Gasteiger partial charge in [-0.25, -0.2) is 13.1 Å². The van der Waals surface area contributed by atoms with Crippen molar-refractivity contribution in [1.29, 1.82) is 0 Å². The highest BCUT2D eigenvalue weighted by molar-refractivity contribution is 7.89. The molecule has 0 spiro atoms. The second-order valence-corrected chi connectivity index (χ2v) is 6.08. The maximum Gasteiger partial charge on any atom is 0.242 e. The topological polar surface area (TPSA) is 67.4 Å². The Kier molecular flexibility index (Phi) is 6.74. The van der Waals surface area contributed by atoms with Crippen LogP contribution in [0.3, 0.4) is 0 Å². The van der Waals surface area contributed by atoms with Crippen LogP contribution in [0.15, 0.2) is 23.1 Å². The third-order valence-corrected chi connectivity index (χ3v) is 4.41. The lowest BCUT2D eigenvalue weighted by molar-refractivity contribution is 0.204. The fourth-order valence-electron chi connectivity index (χ4n) is 1.49. The van der Waals surface area contributed by atoms with Gasteiger partial charge in [0, 0.05) is 20.2 Å². The van der Waals surface area contributed by atoms with Gasteiger partial charge in [0.1, 0.15) is 4.90 Å². The Morgan fingerprint density at radius 1 is 1.37 bits per heavy atom. The van der Waals surface area contributed by atoms with Crippen molar-refractivity contribution in [2.24, 2.45) is 0 Å². The molecule has 0 unspecified atom stereocenters. The van der Waals surface area contributed by atoms with Crippen LogP contribution in [0.1, 0.15) is 12.5 Å². The van der Waals surface area contributed by atoms with Crippen LogP contribution in [0.4, 0.5) is 0 Å². The van der Waals surface area contributed by atoms with Gasteiger partial charge in [0.15, 0.2) is 0 Å². The largest absolute Gasteiger partial charge is 0.383 e. The Labute approximate surface area is 119 Å². The van der Waals surface area contributed by atoms with E-state index in [0.29, 0.717) is 13.2 Å². The van der Waals surface area contributed by atoms with Crippen molar-refractivity contribution in [3.63, 3.8) is 0 Å². The fraction of sp³-hybridized carbons (Fsp3) is 0.500. The van der Waals surface area contributed by atoms with E-state index < -0.39 is 10.0 Å². The third kappa shape index (κ3) is 5.08. The molecule has 0 bridgehead atoms. The van der Waals surface area contributed by atoms with Crippen LogP contribution in [0.25, 0.3) is 0 Å². The van der Waals surface area contributed by atoms with E-state index in [1.807, 2.05) is 6.92 Å². The Hall–Kier alpha value is -0.660.